The van der Waals surface area contributed by atoms with E-state index in [1.165, 1.54) is 18.2 Å². The van der Waals surface area contributed by atoms with Crippen molar-refractivity contribution in [2.24, 2.45) is 0 Å². The molecule has 1 aliphatic heterocycles. The lowest BCUT2D eigenvalue weighted by atomic mass is 10.0. The zero-order valence-corrected chi connectivity index (χ0v) is 13.2. The van der Waals surface area contributed by atoms with E-state index in [0.717, 1.165) is 6.07 Å². The number of carboxylic acids is 2. The predicted octanol–water partition coefficient (Wildman–Crippen LogP) is 1.69. The van der Waals surface area contributed by atoms with E-state index in [4.69, 9.17) is 26.8 Å². The molecule has 0 spiro atoms. The monoisotopic (exact) mass is 358 g/mol. The van der Waals surface area contributed by atoms with Crippen molar-refractivity contribution in [2.45, 2.75) is 0 Å². The van der Waals surface area contributed by atoms with Crippen molar-refractivity contribution in [3.8, 4) is 11.3 Å². The number of thiocarbonyl (C=S) groups is 1. The minimum atomic E-state index is -1.25. The van der Waals surface area contributed by atoms with Gasteiger partial charge in [-0.1, -0.05) is 0 Å². The summed E-state index contributed by atoms with van der Waals surface area (Å²) in [5.41, 5.74) is 0.152. The first-order valence-corrected chi connectivity index (χ1v) is 7.30. The van der Waals surface area contributed by atoms with Crippen LogP contribution in [0, 0.1) is 0 Å². The molecule has 2 heterocycles. The molecule has 0 radical (unpaired) electrons. The molecule has 126 valence electrons. The van der Waals surface area contributed by atoms with Gasteiger partial charge >= 0.3 is 11.9 Å². The number of furan rings is 1. The summed E-state index contributed by atoms with van der Waals surface area (Å²) < 4.78 is 5.56. The van der Waals surface area contributed by atoms with Crippen molar-refractivity contribution in [3.63, 3.8) is 0 Å². The molecule has 0 bridgehead atoms. The second kappa shape index (κ2) is 6.21. The smallest absolute Gasteiger partial charge is 0.335 e. The third-order valence-electron chi connectivity index (χ3n) is 3.34. The van der Waals surface area contributed by atoms with Crippen LogP contribution in [0.4, 0.5) is 0 Å². The molecule has 2 aromatic rings. The summed E-state index contributed by atoms with van der Waals surface area (Å²) >= 11 is 4.82. The quantitative estimate of drug-likeness (QED) is 0.480. The summed E-state index contributed by atoms with van der Waals surface area (Å²) in [6.07, 6.45) is 1.43. The van der Waals surface area contributed by atoms with Gasteiger partial charge in [0, 0.05) is 11.6 Å². The van der Waals surface area contributed by atoms with Gasteiger partial charge in [0.05, 0.1) is 11.1 Å². The van der Waals surface area contributed by atoms with Crippen LogP contribution in [0.1, 0.15) is 26.5 Å². The molecule has 0 atom stereocenters. The summed E-state index contributed by atoms with van der Waals surface area (Å²) in [5, 5.41) is 23.5. The number of rotatable bonds is 4. The summed E-state index contributed by atoms with van der Waals surface area (Å²) in [5.74, 6) is -2.32. The molecule has 1 aromatic heterocycles. The summed E-state index contributed by atoms with van der Waals surface area (Å²) in [6.45, 7) is 0. The molecule has 0 aliphatic carbocycles. The Hall–Kier alpha value is -3.46. The Kier molecular flexibility index (Phi) is 4.07. The average molecular weight is 358 g/mol. The Balaban J connectivity index is 1.98. The van der Waals surface area contributed by atoms with Crippen LogP contribution in [0.2, 0.25) is 0 Å². The van der Waals surface area contributed by atoms with Crippen molar-refractivity contribution < 1.29 is 29.0 Å². The van der Waals surface area contributed by atoms with Crippen molar-refractivity contribution in [1.29, 1.82) is 0 Å². The second-order valence-corrected chi connectivity index (χ2v) is 5.49. The largest absolute Gasteiger partial charge is 0.478 e. The fourth-order valence-corrected chi connectivity index (χ4v) is 2.43. The first-order chi connectivity index (χ1) is 11.8. The first kappa shape index (κ1) is 16.4. The van der Waals surface area contributed by atoms with Crippen LogP contribution in [-0.4, -0.2) is 33.2 Å². The summed E-state index contributed by atoms with van der Waals surface area (Å²) in [6, 6.07) is 6.78. The van der Waals surface area contributed by atoms with E-state index in [0.29, 0.717) is 11.3 Å². The Bertz CT molecular complexity index is 927. The molecule has 1 saturated heterocycles. The zero-order valence-electron chi connectivity index (χ0n) is 12.4. The Morgan fingerprint density at radius 3 is 2.20 bits per heavy atom. The maximum absolute atomic E-state index is 11.6. The zero-order chi connectivity index (χ0) is 18.1. The van der Waals surface area contributed by atoms with E-state index in [1.807, 2.05) is 0 Å². The number of carboxylic acid groups (broad SMARTS) is 2. The molecule has 1 amide bonds. The number of hydrogen-bond acceptors (Lipinski definition) is 5. The number of nitrogens with one attached hydrogen (secondary N) is 2. The van der Waals surface area contributed by atoms with Crippen molar-refractivity contribution in [2.75, 3.05) is 0 Å². The normalized spacial score (nSPS) is 15.1. The minimum Gasteiger partial charge on any atom is -0.478 e. The fourth-order valence-electron chi connectivity index (χ4n) is 2.23. The third-order valence-corrected chi connectivity index (χ3v) is 3.55. The molecule has 8 nitrogen and oxygen atoms in total. The number of hydrogen-bond donors (Lipinski definition) is 4. The fraction of sp³-hybridized carbons (Fsp3) is 0. The SMILES string of the molecule is O=C1NC(=S)NC1=Cc1ccc(-c2cc(C(=O)O)cc(C(=O)O)c2)o1. The molecule has 1 fully saturated rings. The van der Waals surface area contributed by atoms with Crippen molar-refractivity contribution >= 4 is 41.3 Å². The third kappa shape index (κ3) is 3.40. The lowest BCUT2D eigenvalue weighted by molar-refractivity contribution is -0.115. The molecule has 1 aromatic carbocycles. The minimum absolute atomic E-state index is 0.173. The molecule has 3 rings (SSSR count). The molecule has 4 N–H and O–H groups in total. The van der Waals surface area contributed by atoms with Crippen LogP contribution in [0.15, 0.2) is 40.4 Å². The highest BCUT2D eigenvalue weighted by Gasteiger charge is 2.21. The van der Waals surface area contributed by atoms with E-state index >= 15 is 0 Å². The van der Waals surface area contributed by atoms with Gasteiger partial charge in [-0.15, -0.1) is 0 Å². The van der Waals surface area contributed by atoms with Crippen LogP contribution in [0.3, 0.4) is 0 Å². The molecular weight excluding hydrogens is 348 g/mol. The average Bonchev–Trinajstić information content (AvgIpc) is 3.14. The Labute approximate surface area is 145 Å². The van der Waals surface area contributed by atoms with Gasteiger partial charge in [-0.05, 0) is 42.5 Å². The molecule has 0 saturated carbocycles. The highest BCUT2D eigenvalue weighted by Crippen LogP contribution is 2.26. The maximum Gasteiger partial charge on any atom is 0.335 e. The van der Waals surface area contributed by atoms with E-state index in [2.05, 4.69) is 10.6 Å². The van der Waals surface area contributed by atoms with Crippen molar-refractivity contribution in [3.05, 3.63) is 52.9 Å². The number of amides is 1. The van der Waals surface area contributed by atoms with Crippen LogP contribution in [0.25, 0.3) is 17.4 Å². The first-order valence-electron chi connectivity index (χ1n) is 6.89. The van der Waals surface area contributed by atoms with E-state index in [-0.39, 0.29) is 27.7 Å². The van der Waals surface area contributed by atoms with Gasteiger partial charge in [0.2, 0.25) is 0 Å². The van der Waals surface area contributed by atoms with Crippen LogP contribution in [0.5, 0.6) is 0 Å². The molecule has 0 unspecified atom stereocenters. The second-order valence-electron chi connectivity index (χ2n) is 5.08. The Morgan fingerprint density at radius 2 is 1.68 bits per heavy atom. The summed E-state index contributed by atoms with van der Waals surface area (Å²) in [4.78, 5) is 33.9. The standard InChI is InChI=1S/C16H10N2O6S/c19-13-11(17-16(25)18-13)6-10-1-2-12(24-10)7-3-8(14(20)21)5-9(4-7)15(22)23/h1-6H,(H,20,21)(H,22,23)(H2,17,18,19,25). The topological polar surface area (TPSA) is 129 Å². The Morgan fingerprint density at radius 1 is 1.04 bits per heavy atom. The van der Waals surface area contributed by atoms with Gasteiger partial charge in [0.25, 0.3) is 5.91 Å². The van der Waals surface area contributed by atoms with Gasteiger partial charge in [-0.3, -0.25) is 10.1 Å². The number of aromatic carboxylic acids is 2. The molecular formula is C16H10N2O6S. The number of carbonyl (C=O) groups is 3. The molecule has 25 heavy (non-hydrogen) atoms. The summed E-state index contributed by atoms with van der Waals surface area (Å²) in [7, 11) is 0. The van der Waals surface area contributed by atoms with Gasteiger partial charge in [0.15, 0.2) is 5.11 Å². The molecule has 1 aliphatic rings. The van der Waals surface area contributed by atoms with E-state index in [1.54, 1.807) is 12.1 Å². The highest BCUT2D eigenvalue weighted by atomic mass is 32.1. The van der Waals surface area contributed by atoms with Gasteiger partial charge in [-0.2, -0.15) is 0 Å². The van der Waals surface area contributed by atoms with Gasteiger partial charge in [-0.25, -0.2) is 9.59 Å². The van der Waals surface area contributed by atoms with Crippen LogP contribution >= 0.6 is 12.2 Å². The van der Waals surface area contributed by atoms with Crippen LogP contribution < -0.4 is 10.6 Å². The number of benzene rings is 1. The maximum atomic E-state index is 11.6. The van der Waals surface area contributed by atoms with E-state index in [9.17, 15) is 14.4 Å². The van der Waals surface area contributed by atoms with E-state index < -0.39 is 17.8 Å². The lowest BCUT2D eigenvalue weighted by Gasteiger charge is -2.03. The predicted molar refractivity (Wildman–Crippen MR) is 89.9 cm³/mol. The lowest BCUT2D eigenvalue weighted by Crippen LogP contribution is -2.21. The molecule has 9 heteroatoms. The van der Waals surface area contributed by atoms with Gasteiger partial charge < -0.3 is 19.9 Å². The van der Waals surface area contributed by atoms with Crippen molar-refractivity contribution in [1.82, 2.24) is 10.6 Å². The van der Waals surface area contributed by atoms with Gasteiger partial charge in [0.1, 0.15) is 17.2 Å². The van der Waals surface area contributed by atoms with Crippen LogP contribution in [-0.2, 0) is 4.79 Å². The highest BCUT2D eigenvalue weighted by molar-refractivity contribution is 7.80. The number of carbonyl (C=O) groups excluding carboxylic acids is 1.